The molecule has 0 aromatic heterocycles. The number of carbonyl (C=O) groups excluding carboxylic acids is 2. The van der Waals surface area contributed by atoms with E-state index in [4.69, 9.17) is 4.74 Å². The van der Waals surface area contributed by atoms with Gasteiger partial charge in [-0.25, -0.2) is 0 Å². The first-order valence-corrected chi connectivity index (χ1v) is 5.42. The van der Waals surface area contributed by atoms with Gasteiger partial charge in [0.1, 0.15) is 5.41 Å². The van der Waals surface area contributed by atoms with Gasteiger partial charge < -0.3 is 4.74 Å². The Kier molecular flexibility index (Phi) is 2.41. The number of Topliss-reactive ketones (excluding diaryl/α,β-unsaturated/α-hetero) is 1. The Hall–Kier alpha value is -1.12. The second kappa shape index (κ2) is 3.47. The lowest BCUT2D eigenvalue weighted by molar-refractivity contribution is -0.160. The average molecular weight is 208 g/mol. The van der Waals surface area contributed by atoms with E-state index in [1.54, 1.807) is 6.08 Å². The lowest BCUT2D eigenvalue weighted by Crippen LogP contribution is -2.44. The molecule has 0 amide bonds. The van der Waals surface area contributed by atoms with Crippen LogP contribution in [0.25, 0.3) is 0 Å². The van der Waals surface area contributed by atoms with Crippen molar-refractivity contribution in [1.82, 2.24) is 0 Å². The van der Waals surface area contributed by atoms with E-state index in [1.165, 1.54) is 7.11 Å². The number of allylic oxidation sites excluding steroid dienone is 1. The molecule has 0 N–H and O–H groups in total. The smallest absolute Gasteiger partial charge is 0.319 e. The minimum atomic E-state index is -0.889. The molecule has 0 spiro atoms. The summed E-state index contributed by atoms with van der Waals surface area (Å²) in [4.78, 5) is 24.0. The van der Waals surface area contributed by atoms with Crippen molar-refractivity contribution in [2.75, 3.05) is 7.11 Å². The second-order valence-corrected chi connectivity index (χ2v) is 4.49. The lowest BCUT2D eigenvalue weighted by Gasteiger charge is -2.31. The molecule has 3 atom stereocenters. The number of esters is 1. The van der Waals surface area contributed by atoms with Gasteiger partial charge >= 0.3 is 5.97 Å². The third-order valence-corrected chi connectivity index (χ3v) is 3.94. The van der Waals surface area contributed by atoms with Crippen molar-refractivity contribution in [1.29, 1.82) is 0 Å². The summed E-state index contributed by atoms with van der Waals surface area (Å²) in [6.07, 6.45) is 5.01. The Labute approximate surface area is 89.5 Å². The quantitative estimate of drug-likeness (QED) is 0.394. The molecule has 0 heterocycles. The molecule has 0 aliphatic heterocycles. The standard InChI is InChI=1S/C12H16O3/c1-3-9-7-8-5-4-6-12(9,10(8)13)11(14)15-2/h3,8-9H,1,4-7H2,2H3/t8-,9-,12-/m1/s1. The van der Waals surface area contributed by atoms with Gasteiger partial charge in [0.2, 0.25) is 0 Å². The Bertz CT molecular complexity index is 321. The number of carbonyl (C=O) groups is 2. The van der Waals surface area contributed by atoms with Crippen molar-refractivity contribution >= 4 is 11.8 Å². The average Bonchev–Trinajstić information content (AvgIpc) is 2.44. The fourth-order valence-corrected chi connectivity index (χ4v) is 3.18. The minimum absolute atomic E-state index is 0.0232. The third-order valence-electron chi connectivity index (χ3n) is 3.94. The summed E-state index contributed by atoms with van der Waals surface area (Å²) < 4.78 is 4.81. The van der Waals surface area contributed by atoms with E-state index in [0.29, 0.717) is 6.42 Å². The lowest BCUT2D eigenvalue weighted by atomic mass is 9.70. The molecule has 0 unspecified atom stereocenters. The van der Waals surface area contributed by atoms with Crippen molar-refractivity contribution in [3.63, 3.8) is 0 Å². The van der Waals surface area contributed by atoms with Crippen LogP contribution in [0.4, 0.5) is 0 Å². The maximum absolute atomic E-state index is 12.1. The molecule has 2 aliphatic carbocycles. The van der Waals surface area contributed by atoms with E-state index in [1.807, 2.05) is 0 Å². The predicted molar refractivity (Wildman–Crippen MR) is 55.1 cm³/mol. The third kappa shape index (κ3) is 1.18. The van der Waals surface area contributed by atoms with Gasteiger partial charge in [-0.15, -0.1) is 6.58 Å². The highest BCUT2D eigenvalue weighted by atomic mass is 16.5. The summed E-state index contributed by atoms with van der Waals surface area (Å²) in [6.45, 7) is 3.74. The van der Waals surface area contributed by atoms with Gasteiger partial charge in [0.05, 0.1) is 7.11 Å². The molecule has 2 fully saturated rings. The van der Waals surface area contributed by atoms with Gasteiger partial charge in [0.15, 0.2) is 5.78 Å². The molecule has 2 rings (SSSR count). The second-order valence-electron chi connectivity index (χ2n) is 4.49. The first-order valence-electron chi connectivity index (χ1n) is 5.42. The van der Waals surface area contributed by atoms with Gasteiger partial charge in [0.25, 0.3) is 0 Å². The molecule has 82 valence electrons. The molecule has 0 saturated heterocycles. The molecule has 3 heteroatoms. The fraction of sp³-hybridized carbons (Fsp3) is 0.667. The SMILES string of the molecule is C=C[C@@H]1C[C@H]2CCC[C@]1(C(=O)OC)C2=O. The van der Waals surface area contributed by atoms with Crippen molar-refractivity contribution in [3.8, 4) is 0 Å². The van der Waals surface area contributed by atoms with Crippen LogP contribution < -0.4 is 0 Å². The van der Waals surface area contributed by atoms with Gasteiger partial charge in [-0.05, 0) is 19.3 Å². The maximum Gasteiger partial charge on any atom is 0.319 e. The highest BCUT2D eigenvalue weighted by Crippen LogP contribution is 2.53. The van der Waals surface area contributed by atoms with Crippen molar-refractivity contribution in [2.45, 2.75) is 25.7 Å². The zero-order chi connectivity index (χ0) is 11.1. The summed E-state index contributed by atoms with van der Waals surface area (Å²) in [6, 6.07) is 0. The zero-order valence-corrected chi connectivity index (χ0v) is 8.99. The largest absolute Gasteiger partial charge is 0.468 e. The van der Waals surface area contributed by atoms with Gasteiger partial charge in [0, 0.05) is 11.8 Å². The first-order chi connectivity index (χ1) is 7.16. The summed E-state index contributed by atoms with van der Waals surface area (Å²) in [5, 5.41) is 0. The number of hydrogen-bond acceptors (Lipinski definition) is 3. The number of ketones is 1. The van der Waals surface area contributed by atoms with Gasteiger partial charge in [-0.3, -0.25) is 9.59 Å². The van der Waals surface area contributed by atoms with Crippen LogP contribution in [0.3, 0.4) is 0 Å². The molecule has 0 radical (unpaired) electrons. The Morgan fingerprint density at radius 3 is 3.00 bits per heavy atom. The summed E-state index contributed by atoms with van der Waals surface area (Å²) >= 11 is 0. The summed E-state index contributed by atoms with van der Waals surface area (Å²) in [5.74, 6) is -0.240. The number of fused-ring (bicyclic) bond motifs is 2. The Balaban J connectivity index is 2.43. The first kappa shape index (κ1) is 10.4. The molecule has 2 saturated carbocycles. The highest BCUT2D eigenvalue weighted by Gasteiger charge is 2.60. The normalized spacial score (nSPS) is 38.9. The monoisotopic (exact) mass is 208 g/mol. The van der Waals surface area contributed by atoms with E-state index in [-0.39, 0.29) is 23.6 Å². The minimum Gasteiger partial charge on any atom is -0.468 e. The van der Waals surface area contributed by atoms with Crippen LogP contribution in [-0.4, -0.2) is 18.9 Å². The fourth-order valence-electron chi connectivity index (χ4n) is 3.18. The Morgan fingerprint density at radius 2 is 2.40 bits per heavy atom. The van der Waals surface area contributed by atoms with Crippen LogP contribution in [0.5, 0.6) is 0 Å². The topological polar surface area (TPSA) is 43.4 Å². The molecule has 15 heavy (non-hydrogen) atoms. The van der Waals surface area contributed by atoms with Crippen molar-refractivity contribution in [2.24, 2.45) is 17.3 Å². The zero-order valence-electron chi connectivity index (χ0n) is 8.99. The Morgan fingerprint density at radius 1 is 1.67 bits per heavy atom. The van der Waals surface area contributed by atoms with Crippen LogP contribution in [0, 0.1) is 17.3 Å². The molecular weight excluding hydrogens is 192 g/mol. The van der Waals surface area contributed by atoms with Crippen molar-refractivity contribution < 1.29 is 14.3 Å². The van der Waals surface area contributed by atoms with E-state index >= 15 is 0 Å². The number of hydrogen-bond donors (Lipinski definition) is 0. The summed E-state index contributed by atoms with van der Waals surface area (Å²) in [7, 11) is 1.35. The van der Waals surface area contributed by atoms with Gasteiger partial charge in [-0.1, -0.05) is 12.5 Å². The van der Waals surface area contributed by atoms with Crippen LogP contribution >= 0.6 is 0 Å². The van der Waals surface area contributed by atoms with E-state index in [0.717, 1.165) is 19.3 Å². The van der Waals surface area contributed by atoms with E-state index < -0.39 is 5.41 Å². The highest BCUT2D eigenvalue weighted by molar-refractivity contribution is 6.07. The molecule has 0 aromatic rings. The number of rotatable bonds is 2. The van der Waals surface area contributed by atoms with Crippen LogP contribution in [0.2, 0.25) is 0 Å². The van der Waals surface area contributed by atoms with E-state index in [9.17, 15) is 9.59 Å². The van der Waals surface area contributed by atoms with E-state index in [2.05, 4.69) is 6.58 Å². The maximum atomic E-state index is 12.1. The predicted octanol–water partition coefficient (Wildman–Crippen LogP) is 1.72. The molecule has 2 bridgehead atoms. The number of ether oxygens (including phenoxy) is 1. The molecular formula is C12H16O3. The van der Waals surface area contributed by atoms with Gasteiger partial charge in [-0.2, -0.15) is 0 Å². The molecule has 0 aromatic carbocycles. The molecule has 2 aliphatic rings. The van der Waals surface area contributed by atoms with Crippen LogP contribution in [0.1, 0.15) is 25.7 Å². The van der Waals surface area contributed by atoms with Crippen molar-refractivity contribution in [3.05, 3.63) is 12.7 Å². The van der Waals surface area contributed by atoms with Crippen LogP contribution in [0.15, 0.2) is 12.7 Å². The van der Waals surface area contributed by atoms with Crippen LogP contribution in [-0.2, 0) is 14.3 Å². The number of methoxy groups -OCH3 is 1. The summed E-state index contributed by atoms with van der Waals surface area (Å²) in [5.41, 5.74) is -0.889. The molecule has 3 nitrogen and oxygen atoms in total.